The molecule has 1 atom stereocenters. The van der Waals surface area contributed by atoms with Gasteiger partial charge in [0.05, 0.1) is 0 Å². The van der Waals surface area contributed by atoms with Crippen LogP contribution in [-0.4, -0.2) is 31.7 Å². The summed E-state index contributed by atoms with van der Waals surface area (Å²) in [5, 5.41) is 3.01. The maximum atomic E-state index is 11.8. The van der Waals surface area contributed by atoms with Crippen LogP contribution in [0, 0.1) is 5.41 Å². The monoisotopic (exact) mass is 226 g/mol. The Morgan fingerprint density at radius 1 is 1.38 bits per heavy atom. The summed E-state index contributed by atoms with van der Waals surface area (Å²) in [5.74, 6) is 0.0530. The second-order valence-corrected chi connectivity index (χ2v) is 5.13. The van der Waals surface area contributed by atoms with Crippen LogP contribution in [0.2, 0.25) is 0 Å². The Bertz CT molecular complexity index is 243. The van der Waals surface area contributed by atoms with Crippen LogP contribution < -0.4 is 11.1 Å². The molecule has 0 aromatic heterocycles. The van der Waals surface area contributed by atoms with Crippen molar-refractivity contribution in [3.05, 3.63) is 0 Å². The predicted octanol–water partition coefficient (Wildman–Crippen LogP) is 0.801. The Labute approximate surface area is 96.9 Å². The summed E-state index contributed by atoms with van der Waals surface area (Å²) >= 11 is 0. The highest BCUT2D eigenvalue weighted by molar-refractivity contribution is 5.81. The lowest BCUT2D eigenvalue weighted by Crippen LogP contribution is -2.44. The molecule has 1 heterocycles. The Balaban J connectivity index is 1.79. The topological polar surface area (TPSA) is 64.3 Å². The Morgan fingerprint density at radius 3 is 2.69 bits per heavy atom. The van der Waals surface area contributed by atoms with Gasteiger partial charge in [-0.25, -0.2) is 0 Å². The van der Waals surface area contributed by atoms with E-state index in [9.17, 15) is 4.79 Å². The van der Waals surface area contributed by atoms with Crippen LogP contribution in [0.15, 0.2) is 0 Å². The van der Waals surface area contributed by atoms with Crippen molar-refractivity contribution in [3.8, 4) is 0 Å². The number of carbonyl (C=O) groups is 1. The van der Waals surface area contributed by atoms with Gasteiger partial charge in [0.25, 0.3) is 0 Å². The van der Waals surface area contributed by atoms with Crippen LogP contribution in [0.4, 0.5) is 0 Å². The van der Waals surface area contributed by atoms with E-state index >= 15 is 0 Å². The van der Waals surface area contributed by atoms with Crippen LogP contribution in [0.3, 0.4) is 0 Å². The normalized spacial score (nSPS) is 28.2. The van der Waals surface area contributed by atoms with Gasteiger partial charge in [-0.2, -0.15) is 0 Å². The number of ether oxygens (including phenoxy) is 1. The van der Waals surface area contributed by atoms with Gasteiger partial charge >= 0.3 is 0 Å². The number of nitrogens with two attached hydrogens (primary N) is 1. The lowest BCUT2D eigenvalue weighted by atomic mass is 9.86. The first-order valence-electron chi connectivity index (χ1n) is 6.35. The highest BCUT2D eigenvalue weighted by Gasteiger charge is 2.33. The second kappa shape index (κ2) is 5.15. The van der Waals surface area contributed by atoms with Crippen molar-refractivity contribution in [1.29, 1.82) is 0 Å². The highest BCUT2D eigenvalue weighted by atomic mass is 16.5. The fraction of sp³-hybridized carbons (Fsp3) is 0.917. The molecule has 1 saturated carbocycles. The molecule has 0 aromatic rings. The number of carbonyl (C=O) groups excluding carboxylic acids is 1. The summed E-state index contributed by atoms with van der Waals surface area (Å²) in [6.07, 6.45) is 6.43. The van der Waals surface area contributed by atoms with Gasteiger partial charge in [-0.1, -0.05) is 12.8 Å². The zero-order valence-corrected chi connectivity index (χ0v) is 9.84. The molecular weight excluding hydrogens is 204 g/mol. The first-order valence-corrected chi connectivity index (χ1v) is 6.35. The van der Waals surface area contributed by atoms with E-state index in [1.165, 1.54) is 12.8 Å². The molecule has 92 valence electrons. The van der Waals surface area contributed by atoms with Crippen LogP contribution in [0.25, 0.3) is 0 Å². The molecule has 16 heavy (non-hydrogen) atoms. The molecule has 0 aromatic carbocycles. The largest absolute Gasteiger partial charge is 0.368 e. The van der Waals surface area contributed by atoms with Crippen molar-refractivity contribution in [2.24, 2.45) is 11.1 Å². The second-order valence-electron chi connectivity index (χ2n) is 5.13. The summed E-state index contributed by atoms with van der Waals surface area (Å²) in [7, 11) is 0. The van der Waals surface area contributed by atoms with Gasteiger partial charge in [-0.3, -0.25) is 4.79 Å². The molecule has 1 amide bonds. The van der Waals surface area contributed by atoms with Crippen molar-refractivity contribution >= 4 is 5.91 Å². The van der Waals surface area contributed by atoms with Crippen molar-refractivity contribution in [3.63, 3.8) is 0 Å². The van der Waals surface area contributed by atoms with E-state index in [-0.39, 0.29) is 17.4 Å². The molecule has 3 N–H and O–H groups in total. The van der Waals surface area contributed by atoms with E-state index in [0.29, 0.717) is 6.54 Å². The summed E-state index contributed by atoms with van der Waals surface area (Å²) in [5.41, 5.74) is 5.99. The average molecular weight is 226 g/mol. The van der Waals surface area contributed by atoms with Crippen molar-refractivity contribution in [1.82, 2.24) is 5.32 Å². The highest BCUT2D eigenvalue weighted by Crippen LogP contribution is 2.36. The number of hydrogen-bond acceptors (Lipinski definition) is 3. The van der Waals surface area contributed by atoms with Gasteiger partial charge in [-0.05, 0) is 37.6 Å². The number of amides is 1. The minimum atomic E-state index is -0.212. The number of rotatable bonds is 4. The molecule has 1 unspecified atom stereocenters. The third-order valence-corrected chi connectivity index (χ3v) is 3.96. The zero-order valence-electron chi connectivity index (χ0n) is 9.84. The molecule has 1 aliphatic carbocycles. The Hall–Kier alpha value is -0.610. The van der Waals surface area contributed by atoms with Crippen molar-refractivity contribution in [2.75, 3.05) is 19.7 Å². The minimum absolute atomic E-state index is 0.0530. The van der Waals surface area contributed by atoms with Crippen LogP contribution in [-0.2, 0) is 9.53 Å². The molecule has 2 fully saturated rings. The summed E-state index contributed by atoms with van der Waals surface area (Å²) in [4.78, 5) is 11.8. The molecule has 2 rings (SSSR count). The SMILES string of the molecule is NCC1(CNC(=O)C2CCCO2)CCCC1. The van der Waals surface area contributed by atoms with E-state index in [1.54, 1.807) is 0 Å². The first-order chi connectivity index (χ1) is 7.76. The fourth-order valence-corrected chi connectivity index (χ4v) is 2.75. The van der Waals surface area contributed by atoms with E-state index in [1.807, 2.05) is 0 Å². The van der Waals surface area contributed by atoms with Crippen LogP contribution in [0.5, 0.6) is 0 Å². The number of hydrogen-bond donors (Lipinski definition) is 2. The summed E-state index contributed by atoms with van der Waals surface area (Å²) in [6, 6.07) is 0. The smallest absolute Gasteiger partial charge is 0.249 e. The molecule has 0 radical (unpaired) electrons. The quantitative estimate of drug-likeness (QED) is 0.745. The molecule has 2 aliphatic rings. The van der Waals surface area contributed by atoms with Gasteiger partial charge in [0.1, 0.15) is 6.10 Å². The van der Waals surface area contributed by atoms with Crippen LogP contribution in [0.1, 0.15) is 38.5 Å². The molecule has 1 saturated heterocycles. The standard InChI is InChI=1S/C12H22N2O2/c13-8-12(5-1-2-6-12)9-14-11(15)10-4-3-7-16-10/h10H,1-9,13H2,(H,14,15). The van der Waals surface area contributed by atoms with Crippen LogP contribution >= 0.6 is 0 Å². The van der Waals surface area contributed by atoms with Gasteiger partial charge in [0.15, 0.2) is 0 Å². The lowest BCUT2D eigenvalue weighted by molar-refractivity contribution is -0.130. The Kier molecular flexibility index (Phi) is 3.82. The Morgan fingerprint density at radius 2 is 2.12 bits per heavy atom. The van der Waals surface area contributed by atoms with Gasteiger partial charge < -0.3 is 15.8 Å². The third-order valence-electron chi connectivity index (χ3n) is 3.96. The lowest BCUT2D eigenvalue weighted by Gasteiger charge is -2.27. The third kappa shape index (κ3) is 2.55. The molecule has 1 aliphatic heterocycles. The van der Waals surface area contributed by atoms with Crippen molar-refractivity contribution < 1.29 is 9.53 Å². The van der Waals surface area contributed by atoms with Gasteiger partial charge in [-0.15, -0.1) is 0 Å². The molecule has 0 spiro atoms. The number of nitrogens with one attached hydrogen (secondary N) is 1. The van der Waals surface area contributed by atoms with Gasteiger partial charge in [0.2, 0.25) is 5.91 Å². The maximum Gasteiger partial charge on any atom is 0.249 e. The summed E-state index contributed by atoms with van der Waals surface area (Å²) < 4.78 is 5.35. The van der Waals surface area contributed by atoms with E-state index in [0.717, 1.165) is 38.8 Å². The van der Waals surface area contributed by atoms with Gasteiger partial charge in [0, 0.05) is 13.2 Å². The zero-order chi connectivity index (χ0) is 11.4. The molecule has 0 bridgehead atoms. The predicted molar refractivity (Wildman–Crippen MR) is 61.9 cm³/mol. The first kappa shape index (κ1) is 11.9. The fourth-order valence-electron chi connectivity index (χ4n) is 2.75. The molecule has 4 nitrogen and oxygen atoms in total. The van der Waals surface area contributed by atoms with E-state index < -0.39 is 0 Å². The average Bonchev–Trinajstić information content (AvgIpc) is 2.98. The summed E-state index contributed by atoms with van der Waals surface area (Å²) in [6.45, 7) is 2.13. The van der Waals surface area contributed by atoms with Crippen molar-refractivity contribution in [2.45, 2.75) is 44.6 Å². The molecular formula is C12H22N2O2. The van der Waals surface area contributed by atoms with E-state index in [2.05, 4.69) is 5.32 Å². The van der Waals surface area contributed by atoms with E-state index in [4.69, 9.17) is 10.5 Å². The molecule has 4 heteroatoms. The maximum absolute atomic E-state index is 11.8. The minimum Gasteiger partial charge on any atom is -0.368 e.